The van der Waals surface area contributed by atoms with Crippen molar-refractivity contribution in [2.75, 3.05) is 20.7 Å². The van der Waals surface area contributed by atoms with Crippen LogP contribution in [0.5, 0.6) is 11.5 Å². The van der Waals surface area contributed by atoms with E-state index in [1.54, 1.807) is 37.3 Å². The Balaban J connectivity index is -0.000000215. The first kappa shape index (κ1) is 54.5. The molecule has 0 radical (unpaired) electrons. The molecule has 2 heterocycles. The number of carbonyl (C=O) groups excluding carboxylic acids is 5. The molecule has 4 rings (SSSR count). The van der Waals surface area contributed by atoms with Gasteiger partial charge in [0.05, 0.1) is 9.81 Å². The van der Waals surface area contributed by atoms with E-state index in [1.165, 1.54) is 14.1 Å². The van der Waals surface area contributed by atoms with Gasteiger partial charge in [-0.2, -0.15) is 0 Å². The molecule has 2 aromatic carbocycles. The van der Waals surface area contributed by atoms with E-state index in [1.807, 2.05) is 13.0 Å². The number of thioether (sulfide) groups is 2. The second-order valence-corrected chi connectivity index (χ2v) is 12.2. The first-order valence-corrected chi connectivity index (χ1v) is 15.0. The predicted molar refractivity (Wildman–Crippen MR) is 190 cm³/mol. The number of phenols is 1. The summed E-state index contributed by atoms with van der Waals surface area (Å²) in [6, 6.07) is 6.99. The first-order chi connectivity index (χ1) is 20.2. The zero-order chi connectivity index (χ0) is 32.4. The summed E-state index contributed by atoms with van der Waals surface area (Å²) in [7, 11) is 2.91. The Morgan fingerprint density at radius 1 is 0.875 bits per heavy atom. The maximum Gasteiger partial charge on any atom is 1.00 e. The number of carbonyl (C=O) groups is 5. The summed E-state index contributed by atoms with van der Waals surface area (Å²) in [4.78, 5) is 60.6. The Kier molecular flexibility index (Phi) is 30.1. The quantitative estimate of drug-likeness (QED) is 0.115. The van der Waals surface area contributed by atoms with Crippen LogP contribution < -0.4 is 113 Å². The van der Waals surface area contributed by atoms with Gasteiger partial charge in [0.1, 0.15) is 18.1 Å². The number of benzene rings is 2. The summed E-state index contributed by atoms with van der Waals surface area (Å²) in [6.07, 6.45) is 8.45. The molecule has 17 heteroatoms. The van der Waals surface area contributed by atoms with Crippen molar-refractivity contribution in [2.45, 2.75) is 36.1 Å². The normalized spacial score (nSPS) is 14.4. The van der Waals surface area contributed by atoms with Crippen molar-refractivity contribution in [1.82, 2.24) is 9.80 Å². The number of imide groups is 2. The number of aryl methyl sites for hydroxylation is 2. The molecule has 2 fully saturated rings. The molecule has 0 saturated carbocycles. The minimum Gasteiger partial charge on any atom is -1.00 e. The number of amides is 4. The molecule has 2 saturated heterocycles. The fourth-order valence-corrected chi connectivity index (χ4v) is 6.00. The number of rotatable bonds is 5. The van der Waals surface area contributed by atoms with E-state index in [-0.39, 0.29) is 168 Å². The summed E-state index contributed by atoms with van der Waals surface area (Å²) in [5.74, 6) is 2.59. The van der Waals surface area contributed by atoms with Gasteiger partial charge in [-0.3, -0.25) is 33.8 Å². The maximum absolute atomic E-state index is 11.9. The average molecular weight is 883 g/mol. The van der Waals surface area contributed by atoms with Gasteiger partial charge in [0, 0.05) is 23.0 Å². The molecule has 2 aromatic rings. The molecule has 0 aliphatic carbocycles. The van der Waals surface area contributed by atoms with Crippen LogP contribution in [0.25, 0.3) is 12.2 Å². The standard InChI is InChI=1S/C15H12BrNO3S.C12H10BrNO3S.CH2O3.3CH4.2K.H/c1-4-5-20-12-7-10(11(16)6-9(12)2)8-13-14(18)17(3)15(19)21-13;1-6-3-8(13)7(4-9(6)15)5-10-11(16)14(2)12(17)18-10;2-1-4-3;;;;;;/h1,6-8H,5H2,2-3H3;3-5,15H,1-2H3;1,3H;3*1H4;;;/q;;;;;;2*+1;-1/p-1/b13-8-;10-5-;;;;;;;. The summed E-state index contributed by atoms with van der Waals surface area (Å²) >= 11 is 8.62. The van der Waals surface area contributed by atoms with Gasteiger partial charge in [-0.05, 0) is 96.0 Å². The Hall–Kier alpha value is -0.277. The van der Waals surface area contributed by atoms with Crippen LogP contribution in [-0.4, -0.2) is 64.4 Å². The van der Waals surface area contributed by atoms with Crippen LogP contribution in [0.1, 0.15) is 46.0 Å². The number of ether oxygens (including phenoxy) is 1. The van der Waals surface area contributed by atoms with Crippen LogP contribution in [0.3, 0.4) is 0 Å². The van der Waals surface area contributed by atoms with Crippen molar-refractivity contribution >= 4 is 96.3 Å². The van der Waals surface area contributed by atoms with E-state index in [4.69, 9.17) is 21.2 Å². The molecule has 0 spiro atoms. The third kappa shape index (κ3) is 15.5. The third-order valence-corrected chi connectivity index (χ3v) is 8.80. The van der Waals surface area contributed by atoms with E-state index in [2.05, 4.69) is 42.7 Å². The van der Waals surface area contributed by atoms with Crippen molar-refractivity contribution in [2.24, 2.45) is 0 Å². The van der Waals surface area contributed by atoms with Gasteiger partial charge >= 0.3 is 103 Å². The second-order valence-electron chi connectivity index (χ2n) is 8.47. The zero-order valence-electron chi connectivity index (χ0n) is 26.0. The molecule has 2 aliphatic rings. The van der Waals surface area contributed by atoms with Gasteiger partial charge < -0.3 is 21.4 Å². The third-order valence-electron chi connectivity index (χ3n) is 5.51. The second kappa shape index (κ2) is 26.5. The van der Waals surface area contributed by atoms with E-state index >= 15 is 0 Å². The maximum atomic E-state index is 11.9. The molecule has 1 N–H and O–H groups in total. The van der Waals surface area contributed by atoms with Crippen LogP contribution >= 0.6 is 55.4 Å². The molecule has 0 unspecified atom stereocenters. The molecule has 0 aromatic heterocycles. The molecular weight excluding hydrogens is 846 g/mol. The molecule has 252 valence electrons. The largest absolute Gasteiger partial charge is 1.00 e. The van der Waals surface area contributed by atoms with Crippen LogP contribution in [0.15, 0.2) is 43.0 Å². The molecular formula is C31H36Br2K2N2O9S2. The SMILES string of the molecule is C.C.C.C#CCOc1cc(/C=C2\SC(=O)N(C)C2=O)c(Br)cc1C.Cc1cc(Br)c(/C=C2\SC(=O)N(C)C2=O)cc1O.O=CO[O-].[H-].[K+].[K+]. The van der Waals surface area contributed by atoms with E-state index in [0.29, 0.717) is 21.1 Å². The smallest absolute Gasteiger partial charge is 1.00 e. The van der Waals surface area contributed by atoms with Gasteiger partial charge in [0.15, 0.2) is 0 Å². The summed E-state index contributed by atoms with van der Waals surface area (Å²) in [5, 5.41) is 17.5. The number of nitrogens with zero attached hydrogens (tertiary/aromatic N) is 2. The zero-order valence-corrected chi connectivity index (χ0v) is 36.1. The van der Waals surface area contributed by atoms with Gasteiger partial charge in [-0.15, -0.1) is 6.42 Å². The molecule has 0 atom stereocenters. The number of likely N-dealkylation sites (N-methyl/N-ethyl adjacent to an activating group) is 2. The predicted octanol–water partition coefficient (Wildman–Crippen LogP) is 1.03. The fourth-order valence-electron chi connectivity index (χ4n) is 3.22. The van der Waals surface area contributed by atoms with Crippen molar-refractivity contribution in [3.8, 4) is 23.8 Å². The minimum absolute atomic E-state index is 0. The van der Waals surface area contributed by atoms with Crippen molar-refractivity contribution in [3.63, 3.8) is 0 Å². The van der Waals surface area contributed by atoms with Crippen molar-refractivity contribution < 1.29 is 148 Å². The number of aromatic hydroxyl groups is 1. The Morgan fingerprint density at radius 3 is 1.62 bits per heavy atom. The molecule has 2 aliphatic heterocycles. The van der Waals surface area contributed by atoms with Crippen LogP contribution in [0.4, 0.5) is 9.59 Å². The first-order valence-electron chi connectivity index (χ1n) is 11.8. The van der Waals surface area contributed by atoms with Gasteiger partial charge in [-0.25, -0.2) is 0 Å². The van der Waals surface area contributed by atoms with Crippen molar-refractivity contribution in [3.05, 3.63) is 65.3 Å². The average Bonchev–Trinajstić information content (AvgIpc) is 3.35. The number of phenolic OH excluding ortho intramolecular Hbond substituents is 1. The number of halogens is 2. The number of hydrogen-bond acceptors (Lipinski definition) is 11. The Morgan fingerprint density at radius 2 is 1.27 bits per heavy atom. The van der Waals surface area contributed by atoms with E-state index in [0.717, 1.165) is 59.0 Å². The molecule has 4 amide bonds. The Labute approximate surface area is 393 Å². The van der Waals surface area contributed by atoms with Crippen LogP contribution in [0.2, 0.25) is 0 Å². The summed E-state index contributed by atoms with van der Waals surface area (Å²) in [6.45, 7) is 3.68. The molecule has 0 bridgehead atoms. The van der Waals surface area contributed by atoms with Crippen molar-refractivity contribution in [1.29, 1.82) is 0 Å². The van der Waals surface area contributed by atoms with E-state index in [9.17, 15) is 24.3 Å². The number of terminal acetylenes is 1. The molecule has 48 heavy (non-hydrogen) atoms. The monoisotopic (exact) mass is 880 g/mol. The minimum atomic E-state index is -0.322. The Bertz CT molecular complexity index is 1590. The topological polar surface area (TPSA) is 154 Å². The van der Waals surface area contributed by atoms with Crippen LogP contribution in [-0.2, 0) is 19.3 Å². The van der Waals surface area contributed by atoms with E-state index < -0.39 is 0 Å². The summed E-state index contributed by atoms with van der Waals surface area (Å²) < 4.78 is 7.04. The van der Waals surface area contributed by atoms with Gasteiger partial charge in [-0.1, -0.05) is 60.1 Å². The summed E-state index contributed by atoms with van der Waals surface area (Å²) in [5.41, 5.74) is 3.09. The molecule has 11 nitrogen and oxygen atoms in total. The van der Waals surface area contributed by atoms with Crippen LogP contribution in [0, 0.1) is 26.2 Å². The van der Waals surface area contributed by atoms with Gasteiger partial charge in [0.2, 0.25) is 0 Å². The number of hydrogen-bond donors (Lipinski definition) is 1. The fraction of sp³-hybridized carbons (Fsp3) is 0.258. The van der Waals surface area contributed by atoms with Gasteiger partial charge in [0.25, 0.3) is 28.8 Å².